The molecule has 0 N–H and O–H groups in total. The third kappa shape index (κ3) is 4.73. The molecule has 0 bridgehead atoms. The summed E-state index contributed by atoms with van der Waals surface area (Å²) in [5.41, 5.74) is 0.723. The third-order valence-electron chi connectivity index (χ3n) is 3.44. The Hall–Kier alpha value is -3.02. The van der Waals surface area contributed by atoms with Gasteiger partial charge in [0.15, 0.2) is 23.9 Å². The largest absolute Gasteiger partial charge is 0.494 e. The minimum absolute atomic E-state index is 0.275. The summed E-state index contributed by atoms with van der Waals surface area (Å²) in [6.07, 6.45) is 0. The van der Waals surface area contributed by atoms with Crippen LogP contribution in [0.15, 0.2) is 42.5 Å². The number of ketones is 1. The van der Waals surface area contributed by atoms with Gasteiger partial charge >= 0.3 is 5.97 Å². The smallest absolute Gasteiger partial charge is 0.338 e. The molecule has 0 saturated carbocycles. The molecule has 0 fully saturated rings. The molecule has 2 aromatic rings. The Bertz CT molecular complexity index is 736. The maximum absolute atomic E-state index is 12.1. The fraction of sp³-hybridized carbons (Fsp3) is 0.263. The van der Waals surface area contributed by atoms with Gasteiger partial charge in [0.2, 0.25) is 0 Å². The SMILES string of the molecule is CCOc1ccc(C(=O)COC(=O)c2ccc(OC)c(OC)c2)cc1. The average molecular weight is 344 g/mol. The van der Waals surface area contributed by atoms with Gasteiger partial charge in [-0.15, -0.1) is 0 Å². The van der Waals surface area contributed by atoms with E-state index in [4.69, 9.17) is 18.9 Å². The van der Waals surface area contributed by atoms with E-state index in [1.54, 1.807) is 36.4 Å². The van der Waals surface area contributed by atoms with Gasteiger partial charge in [0, 0.05) is 5.56 Å². The Morgan fingerprint density at radius 3 is 2.12 bits per heavy atom. The lowest BCUT2D eigenvalue weighted by Gasteiger charge is -2.09. The highest BCUT2D eigenvalue weighted by atomic mass is 16.5. The van der Waals surface area contributed by atoms with Crippen LogP contribution >= 0.6 is 0 Å². The van der Waals surface area contributed by atoms with E-state index >= 15 is 0 Å². The van der Waals surface area contributed by atoms with Gasteiger partial charge < -0.3 is 18.9 Å². The first kappa shape index (κ1) is 18.3. The average Bonchev–Trinajstić information content (AvgIpc) is 2.66. The Labute approximate surface area is 146 Å². The second-order valence-corrected chi connectivity index (χ2v) is 5.03. The minimum atomic E-state index is -0.611. The molecule has 0 aromatic heterocycles. The number of carbonyl (C=O) groups excluding carboxylic acids is 2. The first-order valence-corrected chi connectivity index (χ1v) is 7.74. The molecule has 0 aliphatic rings. The summed E-state index contributed by atoms with van der Waals surface area (Å²) in [6.45, 7) is 2.09. The molecule has 0 amide bonds. The summed E-state index contributed by atoms with van der Waals surface area (Å²) in [6, 6.07) is 11.3. The molecule has 2 rings (SSSR count). The van der Waals surface area contributed by atoms with Crippen molar-refractivity contribution in [3.8, 4) is 17.2 Å². The maximum Gasteiger partial charge on any atom is 0.338 e. The summed E-state index contributed by atoms with van der Waals surface area (Å²) < 4.78 is 20.7. The normalized spacial score (nSPS) is 10.0. The molecule has 6 nitrogen and oxygen atoms in total. The van der Waals surface area contributed by atoms with Crippen LogP contribution in [0, 0.1) is 0 Å². The lowest BCUT2D eigenvalue weighted by molar-refractivity contribution is 0.0474. The number of ether oxygens (including phenoxy) is 4. The summed E-state index contributed by atoms with van der Waals surface area (Å²) >= 11 is 0. The first-order chi connectivity index (χ1) is 12.1. The third-order valence-corrected chi connectivity index (χ3v) is 3.44. The zero-order chi connectivity index (χ0) is 18.2. The monoisotopic (exact) mass is 344 g/mol. The van der Waals surface area contributed by atoms with Crippen LogP contribution in [0.3, 0.4) is 0 Å². The number of hydrogen-bond donors (Lipinski definition) is 0. The van der Waals surface area contributed by atoms with Gasteiger partial charge in [-0.05, 0) is 49.4 Å². The lowest BCUT2D eigenvalue weighted by atomic mass is 10.1. The summed E-state index contributed by atoms with van der Waals surface area (Å²) in [5, 5.41) is 0. The van der Waals surface area contributed by atoms with Crippen molar-refractivity contribution in [3.63, 3.8) is 0 Å². The molecule has 0 radical (unpaired) electrons. The van der Waals surface area contributed by atoms with E-state index in [1.165, 1.54) is 20.3 Å². The quantitative estimate of drug-likeness (QED) is 0.541. The van der Waals surface area contributed by atoms with Gasteiger partial charge in [0.25, 0.3) is 0 Å². The van der Waals surface area contributed by atoms with Crippen molar-refractivity contribution >= 4 is 11.8 Å². The standard InChI is InChI=1S/C19H20O6/c1-4-24-15-8-5-13(6-9-15)16(20)12-25-19(21)14-7-10-17(22-2)18(11-14)23-3/h5-11H,4,12H2,1-3H3. The highest BCUT2D eigenvalue weighted by Crippen LogP contribution is 2.27. The van der Waals surface area contributed by atoms with Crippen molar-refractivity contribution in [1.82, 2.24) is 0 Å². The van der Waals surface area contributed by atoms with E-state index in [1.807, 2.05) is 6.92 Å². The number of esters is 1. The fourth-order valence-electron chi connectivity index (χ4n) is 2.16. The highest BCUT2D eigenvalue weighted by Gasteiger charge is 2.14. The van der Waals surface area contributed by atoms with Gasteiger partial charge in [-0.1, -0.05) is 0 Å². The van der Waals surface area contributed by atoms with Crippen molar-refractivity contribution in [2.24, 2.45) is 0 Å². The van der Waals surface area contributed by atoms with Crippen LogP contribution in [-0.2, 0) is 4.74 Å². The highest BCUT2D eigenvalue weighted by molar-refractivity contribution is 5.99. The minimum Gasteiger partial charge on any atom is -0.494 e. The van der Waals surface area contributed by atoms with Gasteiger partial charge in [0.05, 0.1) is 26.4 Å². The molecular formula is C19H20O6. The van der Waals surface area contributed by atoms with E-state index < -0.39 is 5.97 Å². The zero-order valence-electron chi connectivity index (χ0n) is 14.4. The number of hydrogen-bond acceptors (Lipinski definition) is 6. The van der Waals surface area contributed by atoms with E-state index in [9.17, 15) is 9.59 Å². The molecule has 0 saturated heterocycles. The number of rotatable bonds is 8. The Morgan fingerprint density at radius 2 is 1.52 bits per heavy atom. The van der Waals surface area contributed by atoms with Crippen molar-refractivity contribution in [2.75, 3.05) is 27.4 Å². The van der Waals surface area contributed by atoms with Crippen LogP contribution in [0.4, 0.5) is 0 Å². The molecule has 0 aliphatic heterocycles. The maximum atomic E-state index is 12.1. The Balaban J connectivity index is 1.98. The van der Waals surface area contributed by atoms with Gasteiger partial charge in [-0.25, -0.2) is 4.79 Å². The number of carbonyl (C=O) groups is 2. The Morgan fingerprint density at radius 1 is 0.880 bits per heavy atom. The molecule has 0 unspecified atom stereocenters. The molecule has 132 valence electrons. The van der Waals surface area contributed by atoms with Crippen molar-refractivity contribution in [3.05, 3.63) is 53.6 Å². The van der Waals surface area contributed by atoms with E-state index in [0.29, 0.717) is 29.4 Å². The van der Waals surface area contributed by atoms with Crippen molar-refractivity contribution in [1.29, 1.82) is 0 Å². The Kier molecular flexibility index (Phi) is 6.39. The first-order valence-electron chi connectivity index (χ1n) is 7.74. The second kappa shape index (κ2) is 8.73. The molecule has 0 heterocycles. The van der Waals surface area contributed by atoms with Gasteiger partial charge in [-0.2, -0.15) is 0 Å². The topological polar surface area (TPSA) is 71.1 Å². The molecule has 2 aromatic carbocycles. The van der Waals surface area contributed by atoms with Crippen molar-refractivity contribution < 1.29 is 28.5 Å². The van der Waals surface area contributed by atoms with Crippen molar-refractivity contribution in [2.45, 2.75) is 6.92 Å². The zero-order valence-corrected chi connectivity index (χ0v) is 14.4. The molecule has 6 heteroatoms. The molecule has 25 heavy (non-hydrogen) atoms. The van der Waals surface area contributed by atoms with E-state index in [0.717, 1.165) is 0 Å². The van der Waals surface area contributed by atoms with Gasteiger partial charge in [-0.3, -0.25) is 4.79 Å². The summed E-state index contributed by atoms with van der Waals surface area (Å²) in [7, 11) is 2.98. The predicted octanol–water partition coefficient (Wildman–Crippen LogP) is 3.14. The summed E-state index contributed by atoms with van der Waals surface area (Å²) in [5.74, 6) is 0.692. The van der Waals surface area contributed by atoms with Crippen LogP contribution in [-0.4, -0.2) is 39.2 Å². The number of Topliss-reactive ketones (excluding diaryl/α,β-unsaturated/α-hetero) is 1. The fourth-order valence-corrected chi connectivity index (χ4v) is 2.16. The van der Waals surface area contributed by atoms with Crippen LogP contribution in [0.25, 0.3) is 0 Å². The van der Waals surface area contributed by atoms with Crippen LogP contribution in [0.2, 0.25) is 0 Å². The van der Waals surface area contributed by atoms with E-state index in [2.05, 4.69) is 0 Å². The predicted molar refractivity (Wildman–Crippen MR) is 91.8 cm³/mol. The molecule has 0 aliphatic carbocycles. The summed E-state index contributed by atoms with van der Waals surface area (Å²) in [4.78, 5) is 24.2. The lowest BCUT2D eigenvalue weighted by Crippen LogP contribution is -2.14. The number of methoxy groups -OCH3 is 2. The molecule has 0 spiro atoms. The van der Waals surface area contributed by atoms with Gasteiger partial charge in [0.1, 0.15) is 5.75 Å². The van der Waals surface area contributed by atoms with Crippen LogP contribution in [0.5, 0.6) is 17.2 Å². The van der Waals surface area contributed by atoms with Crippen LogP contribution in [0.1, 0.15) is 27.6 Å². The number of benzene rings is 2. The van der Waals surface area contributed by atoms with E-state index in [-0.39, 0.29) is 18.0 Å². The second-order valence-electron chi connectivity index (χ2n) is 5.03. The molecule has 0 atom stereocenters. The molecular weight excluding hydrogens is 324 g/mol. The van der Waals surface area contributed by atoms with Crippen LogP contribution < -0.4 is 14.2 Å².